The molecule has 0 unspecified atom stereocenters. The Bertz CT molecular complexity index is 457. The van der Waals surface area contributed by atoms with Crippen LogP contribution < -0.4 is 0 Å². The Balaban J connectivity index is 2.41. The van der Waals surface area contributed by atoms with Crippen molar-refractivity contribution < 1.29 is 0 Å². The van der Waals surface area contributed by atoms with Gasteiger partial charge in [0, 0.05) is 14.7 Å². The highest BCUT2D eigenvalue weighted by Crippen LogP contribution is 2.39. The van der Waals surface area contributed by atoms with E-state index in [1.165, 1.54) is 16.0 Å². The lowest BCUT2D eigenvalue weighted by Crippen LogP contribution is -1.79. The minimum absolute atomic E-state index is 1.09. The average Bonchev–Trinajstić information content (AvgIpc) is 2.60. The SMILES string of the molecule is CCc1ccc(-c2scc(Br)c2Br)cc1. The summed E-state index contributed by atoms with van der Waals surface area (Å²) in [6.07, 6.45) is 1.09. The van der Waals surface area contributed by atoms with Crippen molar-refractivity contribution >= 4 is 43.2 Å². The predicted octanol–water partition coefficient (Wildman–Crippen LogP) is 5.50. The maximum absolute atomic E-state index is 3.59. The number of rotatable bonds is 2. The third kappa shape index (κ3) is 2.35. The monoisotopic (exact) mass is 344 g/mol. The molecule has 0 aliphatic heterocycles. The van der Waals surface area contributed by atoms with Crippen LogP contribution in [0.3, 0.4) is 0 Å². The zero-order valence-electron chi connectivity index (χ0n) is 8.26. The molecule has 0 fully saturated rings. The second-order valence-corrected chi connectivity index (χ2v) is 5.80. The van der Waals surface area contributed by atoms with Crippen molar-refractivity contribution in [2.75, 3.05) is 0 Å². The smallest absolute Gasteiger partial charge is 0.0503 e. The van der Waals surface area contributed by atoms with Crippen LogP contribution in [-0.2, 0) is 6.42 Å². The number of benzene rings is 1. The van der Waals surface area contributed by atoms with Crippen molar-refractivity contribution in [1.29, 1.82) is 0 Å². The van der Waals surface area contributed by atoms with E-state index >= 15 is 0 Å². The van der Waals surface area contributed by atoms with Crippen LogP contribution in [0.25, 0.3) is 10.4 Å². The number of aryl methyl sites for hydroxylation is 1. The zero-order chi connectivity index (χ0) is 10.8. The van der Waals surface area contributed by atoms with Crippen LogP contribution in [-0.4, -0.2) is 0 Å². The Kier molecular flexibility index (Phi) is 3.65. The van der Waals surface area contributed by atoms with Crippen molar-refractivity contribution in [1.82, 2.24) is 0 Å². The van der Waals surface area contributed by atoms with Gasteiger partial charge in [0.25, 0.3) is 0 Å². The zero-order valence-corrected chi connectivity index (χ0v) is 12.2. The summed E-state index contributed by atoms with van der Waals surface area (Å²) in [6, 6.07) is 8.74. The fourth-order valence-electron chi connectivity index (χ4n) is 1.41. The number of hydrogen-bond donors (Lipinski definition) is 0. The van der Waals surface area contributed by atoms with Crippen molar-refractivity contribution in [3.05, 3.63) is 44.2 Å². The van der Waals surface area contributed by atoms with Gasteiger partial charge in [-0.1, -0.05) is 31.2 Å². The van der Waals surface area contributed by atoms with Crippen molar-refractivity contribution in [2.24, 2.45) is 0 Å². The van der Waals surface area contributed by atoms with Gasteiger partial charge in [-0.25, -0.2) is 0 Å². The van der Waals surface area contributed by atoms with Gasteiger partial charge in [0.05, 0.1) is 4.47 Å². The predicted molar refractivity (Wildman–Crippen MR) is 74.5 cm³/mol. The maximum Gasteiger partial charge on any atom is 0.0503 e. The molecule has 15 heavy (non-hydrogen) atoms. The van der Waals surface area contributed by atoms with Gasteiger partial charge in [0.2, 0.25) is 0 Å². The normalized spacial score (nSPS) is 10.6. The van der Waals surface area contributed by atoms with Crippen LogP contribution in [0.4, 0.5) is 0 Å². The van der Waals surface area contributed by atoms with Crippen molar-refractivity contribution in [3.63, 3.8) is 0 Å². The second-order valence-electron chi connectivity index (χ2n) is 3.28. The average molecular weight is 346 g/mol. The molecule has 78 valence electrons. The standard InChI is InChI=1S/C12H10Br2S/c1-2-8-3-5-9(6-4-8)12-11(14)10(13)7-15-12/h3-7H,2H2,1H3. The number of halogens is 2. The summed E-state index contributed by atoms with van der Waals surface area (Å²) in [6.45, 7) is 2.17. The van der Waals surface area contributed by atoms with Crippen LogP contribution in [0.5, 0.6) is 0 Å². The lowest BCUT2D eigenvalue weighted by molar-refractivity contribution is 1.14. The largest absolute Gasteiger partial charge is 0.141 e. The second kappa shape index (κ2) is 4.81. The quantitative estimate of drug-likeness (QED) is 0.673. The summed E-state index contributed by atoms with van der Waals surface area (Å²) in [5.74, 6) is 0. The van der Waals surface area contributed by atoms with E-state index in [0.29, 0.717) is 0 Å². The third-order valence-electron chi connectivity index (χ3n) is 2.31. The summed E-state index contributed by atoms with van der Waals surface area (Å²) in [7, 11) is 0. The highest BCUT2D eigenvalue weighted by molar-refractivity contribution is 9.13. The minimum Gasteiger partial charge on any atom is -0.141 e. The Morgan fingerprint density at radius 1 is 1.13 bits per heavy atom. The summed E-state index contributed by atoms with van der Waals surface area (Å²) < 4.78 is 2.28. The van der Waals surface area contributed by atoms with Gasteiger partial charge in [0.1, 0.15) is 0 Å². The Hall–Kier alpha value is -0.120. The van der Waals surface area contributed by atoms with E-state index in [1.807, 2.05) is 0 Å². The molecule has 1 aromatic carbocycles. The van der Waals surface area contributed by atoms with Gasteiger partial charge in [-0.15, -0.1) is 11.3 Å². The molecule has 2 aromatic rings. The molecule has 0 radical (unpaired) electrons. The van der Waals surface area contributed by atoms with E-state index in [0.717, 1.165) is 15.4 Å². The molecule has 2 rings (SSSR count). The molecule has 0 aliphatic carbocycles. The number of thiophene rings is 1. The van der Waals surface area contributed by atoms with E-state index in [1.54, 1.807) is 11.3 Å². The van der Waals surface area contributed by atoms with Crippen molar-refractivity contribution in [3.8, 4) is 10.4 Å². The van der Waals surface area contributed by atoms with E-state index in [-0.39, 0.29) is 0 Å². The fraction of sp³-hybridized carbons (Fsp3) is 0.167. The van der Waals surface area contributed by atoms with Gasteiger partial charge in [-0.2, -0.15) is 0 Å². The highest BCUT2D eigenvalue weighted by Gasteiger charge is 2.08. The van der Waals surface area contributed by atoms with Crippen LogP contribution in [0.2, 0.25) is 0 Å². The van der Waals surface area contributed by atoms with Crippen LogP contribution >= 0.6 is 43.2 Å². The molecule has 1 aromatic heterocycles. The molecular formula is C12H10Br2S. The number of hydrogen-bond acceptors (Lipinski definition) is 1. The third-order valence-corrected chi connectivity index (χ3v) is 5.89. The first kappa shape index (κ1) is 11.4. The highest BCUT2D eigenvalue weighted by atomic mass is 79.9. The Labute approximate surface area is 111 Å². The molecule has 0 nitrogen and oxygen atoms in total. The first-order chi connectivity index (χ1) is 7.22. The summed E-state index contributed by atoms with van der Waals surface area (Å²) >= 11 is 8.84. The molecule has 0 N–H and O–H groups in total. The Morgan fingerprint density at radius 3 is 2.27 bits per heavy atom. The lowest BCUT2D eigenvalue weighted by Gasteiger charge is -2.01. The molecule has 0 amide bonds. The topological polar surface area (TPSA) is 0 Å². The van der Waals surface area contributed by atoms with Gasteiger partial charge < -0.3 is 0 Å². The van der Waals surface area contributed by atoms with Gasteiger partial charge in [0.15, 0.2) is 0 Å². The van der Waals surface area contributed by atoms with E-state index in [9.17, 15) is 0 Å². The molecule has 0 saturated carbocycles. The fourth-order valence-corrected chi connectivity index (χ4v) is 3.62. The van der Waals surface area contributed by atoms with E-state index in [4.69, 9.17) is 0 Å². The van der Waals surface area contributed by atoms with Gasteiger partial charge >= 0.3 is 0 Å². The van der Waals surface area contributed by atoms with Crippen molar-refractivity contribution in [2.45, 2.75) is 13.3 Å². The first-order valence-electron chi connectivity index (χ1n) is 4.74. The molecule has 0 aliphatic rings. The maximum atomic E-state index is 3.59. The summed E-state index contributed by atoms with van der Waals surface area (Å²) in [5.41, 5.74) is 2.65. The first-order valence-corrected chi connectivity index (χ1v) is 7.20. The van der Waals surface area contributed by atoms with Crippen LogP contribution in [0.15, 0.2) is 38.6 Å². The Morgan fingerprint density at radius 2 is 1.80 bits per heavy atom. The molecule has 0 saturated heterocycles. The minimum atomic E-state index is 1.09. The molecule has 3 heteroatoms. The molecular weight excluding hydrogens is 336 g/mol. The molecule has 0 atom stereocenters. The van der Waals surface area contributed by atoms with Crippen LogP contribution in [0, 0.1) is 0 Å². The van der Waals surface area contributed by atoms with E-state index < -0.39 is 0 Å². The molecule has 1 heterocycles. The summed E-state index contributed by atoms with van der Waals surface area (Å²) in [5, 5.41) is 2.10. The molecule has 0 bridgehead atoms. The lowest BCUT2D eigenvalue weighted by atomic mass is 10.1. The van der Waals surface area contributed by atoms with Gasteiger partial charge in [-0.05, 0) is 49.4 Å². The van der Waals surface area contributed by atoms with Gasteiger partial charge in [-0.3, -0.25) is 0 Å². The molecule has 0 spiro atoms. The van der Waals surface area contributed by atoms with E-state index in [2.05, 4.69) is 68.4 Å². The summed E-state index contributed by atoms with van der Waals surface area (Å²) in [4.78, 5) is 1.28. The van der Waals surface area contributed by atoms with Crippen LogP contribution in [0.1, 0.15) is 12.5 Å².